The molecule has 2 aliphatic rings. The van der Waals surface area contributed by atoms with Gasteiger partial charge < -0.3 is 14.8 Å². The largest absolute Gasteiger partial charge is 0.335 e. The van der Waals surface area contributed by atoms with Crippen molar-refractivity contribution in [3.05, 3.63) is 10.6 Å². The molecule has 1 aliphatic carbocycles. The first-order chi connectivity index (χ1) is 11.5. The molecular formula is C16H28N6OS. The summed E-state index contributed by atoms with van der Waals surface area (Å²) in [5, 5.41) is 7.68. The molecule has 134 valence electrons. The first-order valence-electron chi connectivity index (χ1n) is 8.93. The number of rotatable bonds is 3. The van der Waals surface area contributed by atoms with E-state index in [9.17, 15) is 4.79 Å². The third-order valence-corrected chi connectivity index (χ3v) is 5.67. The van der Waals surface area contributed by atoms with Crippen molar-refractivity contribution in [2.45, 2.75) is 51.7 Å². The Kier molecular flexibility index (Phi) is 5.55. The average molecular weight is 353 g/mol. The maximum absolute atomic E-state index is 12.4. The van der Waals surface area contributed by atoms with Gasteiger partial charge >= 0.3 is 6.03 Å². The number of aromatic nitrogens is 3. The quantitative estimate of drug-likeness (QED) is 0.844. The number of amides is 2. The van der Waals surface area contributed by atoms with Crippen LogP contribution in [0, 0.1) is 11.7 Å². The molecule has 1 aromatic heterocycles. The van der Waals surface area contributed by atoms with Crippen molar-refractivity contribution < 1.29 is 4.79 Å². The monoisotopic (exact) mass is 352 g/mol. The summed E-state index contributed by atoms with van der Waals surface area (Å²) in [6.45, 7) is 5.89. The summed E-state index contributed by atoms with van der Waals surface area (Å²) in [6.07, 6.45) is 6.04. The van der Waals surface area contributed by atoms with E-state index in [0.29, 0.717) is 12.7 Å². The summed E-state index contributed by atoms with van der Waals surface area (Å²) < 4.78 is 4.52. The second-order valence-corrected chi connectivity index (χ2v) is 7.28. The number of aryl methyl sites for hydroxylation is 1. The Morgan fingerprint density at radius 2 is 1.88 bits per heavy atom. The molecule has 7 nitrogen and oxygen atoms in total. The van der Waals surface area contributed by atoms with Crippen molar-refractivity contribution in [2.24, 2.45) is 7.05 Å². The minimum absolute atomic E-state index is 0.104. The number of hydrogen-bond donors (Lipinski definition) is 1. The number of urea groups is 1. The minimum Gasteiger partial charge on any atom is -0.335 e. The standard InChI is InChI=1S/C16H28N6OS/c1-13-18-22(16(24)19(13)2)12-20-8-10-21(11-9-20)15(23)17-14-6-4-3-5-7-14/h14H,3-12H2,1-2H3,(H,17,23). The highest BCUT2D eigenvalue weighted by Gasteiger charge is 2.24. The highest BCUT2D eigenvalue weighted by Crippen LogP contribution is 2.17. The molecule has 3 rings (SSSR count). The fourth-order valence-corrected chi connectivity index (χ4v) is 3.71. The number of nitrogens with one attached hydrogen (secondary N) is 1. The lowest BCUT2D eigenvalue weighted by Crippen LogP contribution is -2.53. The summed E-state index contributed by atoms with van der Waals surface area (Å²) >= 11 is 5.40. The Hall–Kier alpha value is -1.41. The Morgan fingerprint density at radius 1 is 1.21 bits per heavy atom. The minimum atomic E-state index is 0.104. The molecule has 2 heterocycles. The first-order valence-corrected chi connectivity index (χ1v) is 9.33. The summed E-state index contributed by atoms with van der Waals surface area (Å²) in [5.74, 6) is 0.922. The van der Waals surface area contributed by atoms with Crippen LogP contribution in [0.5, 0.6) is 0 Å². The number of carbonyl (C=O) groups is 1. The molecule has 2 amide bonds. The van der Waals surface area contributed by atoms with Crippen molar-refractivity contribution in [3.63, 3.8) is 0 Å². The molecule has 1 saturated heterocycles. The lowest BCUT2D eigenvalue weighted by atomic mass is 9.96. The Labute approximate surface area is 148 Å². The van der Waals surface area contributed by atoms with Gasteiger partial charge in [0.15, 0.2) is 4.77 Å². The van der Waals surface area contributed by atoms with Gasteiger partial charge in [-0.3, -0.25) is 4.90 Å². The Bertz CT molecular complexity index is 625. The maximum atomic E-state index is 12.4. The molecule has 1 N–H and O–H groups in total. The highest BCUT2D eigenvalue weighted by molar-refractivity contribution is 7.71. The van der Waals surface area contributed by atoms with Gasteiger partial charge in [0.2, 0.25) is 0 Å². The summed E-state index contributed by atoms with van der Waals surface area (Å²) in [6, 6.07) is 0.478. The normalized spacial score (nSPS) is 20.3. The van der Waals surface area contributed by atoms with Crippen molar-refractivity contribution in [3.8, 4) is 0 Å². The summed E-state index contributed by atoms with van der Waals surface area (Å²) in [7, 11) is 1.94. The zero-order valence-corrected chi connectivity index (χ0v) is 15.5. The second kappa shape index (κ2) is 7.65. The van der Waals surface area contributed by atoms with Crippen LogP contribution < -0.4 is 5.32 Å². The van der Waals surface area contributed by atoms with Crippen LogP contribution in [-0.2, 0) is 13.7 Å². The van der Waals surface area contributed by atoms with E-state index in [4.69, 9.17) is 12.2 Å². The van der Waals surface area contributed by atoms with Crippen LogP contribution in [0.15, 0.2) is 0 Å². The lowest BCUT2D eigenvalue weighted by molar-refractivity contribution is 0.111. The number of piperazine rings is 1. The predicted molar refractivity (Wildman–Crippen MR) is 95.3 cm³/mol. The smallest absolute Gasteiger partial charge is 0.317 e. The molecule has 0 atom stereocenters. The summed E-state index contributed by atoms with van der Waals surface area (Å²) in [4.78, 5) is 16.6. The molecule has 0 radical (unpaired) electrons. The van der Waals surface area contributed by atoms with Crippen LogP contribution >= 0.6 is 12.2 Å². The van der Waals surface area contributed by atoms with Crippen molar-refractivity contribution in [1.29, 1.82) is 0 Å². The topological polar surface area (TPSA) is 58.3 Å². The third-order valence-electron chi connectivity index (χ3n) is 5.18. The zero-order chi connectivity index (χ0) is 17.1. The van der Waals surface area contributed by atoms with Crippen LogP contribution in [0.2, 0.25) is 0 Å². The molecule has 24 heavy (non-hydrogen) atoms. The van der Waals surface area contributed by atoms with Crippen LogP contribution in [0.1, 0.15) is 37.9 Å². The highest BCUT2D eigenvalue weighted by atomic mass is 32.1. The van der Waals surface area contributed by atoms with Crippen LogP contribution in [-0.4, -0.2) is 62.4 Å². The average Bonchev–Trinajstić information content (AvgIpc) is 2.83. The van der Waals surface area contributed by atoms with Crippen molar-refractivity contribution in [1.82, 2.24) is 29.5 Å². The van der Waals surface area contributed by atoms with E-state index in [0.717, 1.165) is 49.6 Å². The molecule has 0 aromatic carbocycles. The van der Waals surface area contributed by atoms with Gasteiger partial charge in [0.1, 0.15) is 5.82 Å². The van der Waals surface area contributed by atoms with Crippen LogP contribution in [0.25, 0.3) is 0 Å². The molecular weight excluding hydrogens is 324 g/mol. The molecule has 0 spiro atoms. The molecule has 0 unspecified atom stereocenters. The van der Waals surface area contributed by atoms with E-state index in [1.165, 1.54) is 19.3 Å². The van der Waals surface area contributed by atoms with E-state index in [1.54, 1.807) is 0 Å². The van der Waals surface area contributed by atoms with Gasteiger partial charge in [-0.1, -0.05) is 19.3 Å². The Morgan fingerprint density at radius 3 is 2.46 bits per heavy atom. The summed E-state index contributed by atoms with van der Waals surface area (Å²) in [5.41, 5.74) is 0. The van der Waals surface area contributed by atoms with Crippen LogP contribution in [0.4, 0.5) is 4.79 Å². The molecule has 0 bridgehead atoms. The first kappa shape index (κ1) is 17.4. The molecule has 2 fully saturated rings. The fraction of sp³-hybridized carbons (Fsp3) is 0.812. The number of hydrogen-bond acceptors (Lipinski definition) is 4. The van der Waals surface area contributed by atoms with Gasteiger partial charge in [0, 0.05) is 39.3 Å². The van der Waals surface area contributed by atoms with Gasteiger partial charge in [-0.15, -0.1) is 0 Å². The van der Waals surface area contributed by atoms with Gasteiger partial charge in [0.25, 0.3) is 0 Å². The lowest BCUT2D eigenvalue weighted by Gasteiger charge is -2.35. The van der Waals surface area contributed by atoms with Gasteiger partial charge in [-0.25, -0.2) is 9.48 Å². The Balaban J connectivity index is 1.47. The zero-order valence-electron chi connectivity index (χ0n) is 14.7. The molecule has 8 heteroatoms. The van der Waals surface area contributed by atoms with E-state index in [-0.39, 0.29) is 6.03 Å². The molecule has 1 aromatic rings. The predicted octanol–water partition coefficient (Wildman–Crippen LogP) is 1.88. The second-order valence-electron chi connectivity index (χ2n) is 6.92. The van der Waals surface area contributed by atoms with E-state index < -0.39 is 0 Å². The number of nitrogens with zero attached hydrogens (tertiary/aromatic N) is 5. The molecule has 1 saturated carbocycles. The van der Waals surface area contributed by atoms with Crippen molar-refractivity contribution in [2.75, 3.05) is 26.2 Å². The molecule has 1 aliphatic heterocycles. The van der Waals surface area contributed by atoms with Crippen molar-refractivity contribution >= 4 is 18.2 Å². The van der Waals surface area contributed by atoms with E-state index in [2.05, 4.69) is 15.3 Å². The SMILES string of the molecule is Cc1nn(CN2CCN(C(=O)NC3CCCCC3)CC2)c(=S)n1C. The number of carbonyl (C=O) groups excluding carboxylic acids is 1. The van der Waals surface area contributed by atoms with E-state index in [1.807, 2.05) is 28.1 Å². The van der Waals surface area contributed by atoms with E-state index >= 15 is 0 Å². The fourth-order valence-electron chi connectivity index (χ4n) is 3.48. The maximum Gasteiger partial charge on any atom is 0.317 e. The van der Waals surface area contributed by atoms with Gasteiger partial charge in [-0.05, 0) is 32.0 Å². The van der Waals surface area contributed by atoms with Gasteiger partial charge in [-0.2, -0.15) is 5.10 Å². The van der Waals surface area contributed by atoms with Crippen LogP contribution in [0.3, 0.4) is 0 Å². The third kappa shape index (κ3) is 3.97. The van der Waals surface area contributed by atoms with Gasteiger partial charge in [0.05, 0.1) is 6.67 Å².